The molecule has 2 atom stereocenters. The first-order valence-electron chi connectivity index (χ1n) is 9.61. The Kier molecular flexibility index (Phi) is 5.15. The van der Waals surface area contributed by atoms with Gasteiger partial charge in [0.1, 0.15) is 5.75 Å². The molecular weight excluding hydrogens is 406 g/mol. The van der Waals surface area contributed by atoms with Gasteiger partial charge >= 0.3 is 0 Å². The molecule has 0 saturated carbocycles. The van der Waals surface area contributed by atoms with Crippen molar-refractivity contribution in [1.82, 2.24) is 10.2 Å². The number of hydrogen-bond donors (Lipinski definition) is 1. The third-order valence-corrected chi connectivity index (χ3v) is 6.02. The highest BCUT2D eigenvalue weighted by atomic mass is 32.1. The first-order chi connectivity index (χ1) is 14.3. The lowest BCUT2D eigenvalue weighted by Gasteiger charge is -2.52. The molecule has 30 heavy (non-hydrogen) atoms. The molecule has 1 fully saturated rings. The van der Waals surface area contributed by atoms with E-state index in [0.717, 1.165) is 17.5 Å². The first kappa shape index (κ1) is 20.2. The van der Waals surface area contributed by atoms with Crippen LogP contribution in [0.15, 0.2) is 36.4 Å². The number of hydrogen-bond acceptors (Lipinski definition) is 6. The molecule has 0 amide bonds. The highest BCUT2D eigenvalue weighted by Crippen LogP contribution is 2.45. The normalized spacial score (nSPS) is 21.9. The predicted octanol–water partition coefficient (Wildman–Crippen LogP) is 3.58. The molecule has 4 rings (SSSR count). The number of benzene rings is 2. The van der Waals surface area contributed by atoms with Crippen molar-refractivity contribution >= 4 is 23.0 Å². The Balaban J connectivity index is 1.55. The Morgan fingerprint density at radius 2 is 2.03 bits per heavy atom. The van der Waals surface area contributed by atoms with Gasteiger partial charge in [0.15, 0.2) is 22.3 Å². The summed E-state index contributed by atoms with van der Waals surface area (Å²) >= 11 is 5.63. The lowest BCUT2D eigenvalue weighted by Crippen LogP contribution is -2.64. The van der Waals surface area contributed by atoms with Crippen molar-refractivity contribution in [3.63, 3.8) is 0 Å². The monoisotopic (exact) mass is 429 g/mol. The van der Waals surface area contributed by atoms with Crippen LogP contribution in [0.2, 0.25) is 0 Å². The van der Waals surface area contributed by atoms with Gasteiger partial charge in [-0.1, -0.05) is 6.07 Å². The van der Waals surface area contributed by atoms with E-state index in [1.165, 1.54) is 6.07 Å². The second-order valence-electron chi connectivity index (χ2n) is 7.55. The van der Waals surface area contributed by atoms with Crippen LogP contribution in [0.25, 0.3) is 0 Å². The molecule has 2 aromatic rings. The van der Waals surface area contributed by atoms with Crippen molar-refractivity contribution in [1.29, 1.82) is 0 Å². The van der Waals surface area contributed by atoms with Crippen LogP contribution in [-0.2, 0) is 6.42 Å². The maximum Gasteiger partial charge on any atom is 0.270 e. The van der Waals surface area contributed by atoms with Gasteiger partial charge in [-0.15, -0.1) is 0 Å². The third-order valence-electron chi connectivity index (χ3n) is 5.68. The van der Waals surface area contributed by atoms with Gasteiger partial charge in [0.25, 0.3) is 5.69 Å². The average Bonchev–Trinajstić information content (AvgIpc) is 2.72. The van der Waals surface area contributed by atoms with Crippen molar-refractivity contribution in [2.45, 2.75) is 31.5 Å². The third kappa shape index (κ3) is 3.49. The van der Waals surface area contributed by atoms with Gasteiger partial charge in [-0.25, -0.2) is 0 Å². The van der Waals surface area contributed by atoms with Crippen molar-refractivity contribution in [3.05, 3.63) is 57.6 Å². The predicted molar refractivity (Wildman–Crippen MR) is 115 cm³/mol. The number of rotatable bonds is 6. The first-order valence-corrected chi connectivity index (χ1v) is 10.0. The number of nitrogens with zero attached hydrogens (tertiary/aromatic N) is 2. The maximum atomic E-state index is 11.1. The van der Waals surface area contributed by atoms with E-state index in [1.807, 2.05) is 30.0 Å². The minimum absolute atomic E-state index is 0.0459. The van der Waals surface area contributed by atoms with Crippen LogP contribution in [-0.4, -0.2) is 41.4 Å². The number of nitro benzene ring substituents is 1. The van der Waals surface area contributed by atoms with E-state index in [0.29, 0.717) is 35.3 Å². The van der Waals surface area contributed by atoms with Gasteiger partial charge in [0.05, 0.1) is 25.2 Å². The fraction of sp³-hybridized carbons (Fsp3) is 0.381. The molecule has 1 saturated heterocycles. The standard InChI is InChI=1S/C21H23N3O5S/c1-21-12-16(15-11-14(24(25)26)5-7-17(15)29-21)22-20(30)23(21)9-8-13-4-6-18(27-2)19(10-13)28-3/h4-7,10-11,16H,8-9,12H2,1-3H3,(H,22,30)/t16-,21+/m1/s1. The molecule has 2 aliphatic rings. The van der Waals surface area contributed by atoms with Crippen molar-refractivity contribution < 1.29 is 19.1 Å². The van der Waals surface area contributed by atoms with Crippen LogP contribution < -0.4 is 19.5 Å². The van der Waals surface area contributed by atoms with Crippen LogP contribution in [0.3, 0.4) is 0 Å². The molecule has 0 radical (unpaired) electrons. The molecular formula is C21H23N3O5S. The van der Waals surface area contributed by atoms with E-state index in [2.05, 4.69) is 5.32 Å². The van der Waals surface area contributed by atoms with Crippen LogP contribution in [0.4, 0.5) is 5.69 Å². The number of thiocarbonyl (C=S) groups is 1. The quantitative estimate of drug-likeness (QED) is 0.424. The molecule has 9 heteroatoms. The molecule has 2 heterocycles. The van der Waals surface area contributed by atoms with Crippen LogP contribution >= 0.6 is 12.2 Å². The van der Waals surface area contributed by atoms with Gasteiger partial charge in [-0.2, -0.15) is 0 Å². The van der Waals surface area contributed by atoms with Crippen LogP contribution in [0, 0.1) is 10.1 Å². The maximum absolute atomic E-state index is 11.1. The zero-order valence-electron chi connectivity index (χ0n) is 17.0. The Labute approximate surface area is 179 Å². The average molecular weight is 429 g/mol. The zero-order chi connectivity index (χ0) is 21.5. The number of fused-ring (bicyclic) bond motifs is 4. The van der Waals surface area contributed by atoms with E-state index in [-0.39, 0.29) is 11.7 Å². The molecule has 8 nitrogen and oxygen atoms in total. The summed E-state index contributed by atoms with van der Waals surface area (Å²) in [5.41, 5.74) is 1.27. The van der Waals surface area contributed by atoms with E-state index in [1.54, 1.807) is 26.4 Å². The Morgan fingerprint density at radius 3 is 2.73 bits per heavy atom. The van der Waals surface area contributed by atoms with Gasteiger partial charge < -0.3 is 24.4 Å². The minimum atomic E-state index is -0.632. The molecule has 0 aromatic heterocycles. The summed E-state index contributed by atoms with van der Waals surface area (Å²) in [6, 6.07) is 10.4. The highest BCUT2D eigenvalue weighted by Gasteiger charge is 2.47. The fourth-order valence-electron chi connectivity index (χ4n) is 4.13. The summed E-state index contributed by atoms with van der Waals surface area (Å²) in [6.07, 6.45) is 1.37. The minimum Gasteiger partial charge on any atom is -0.493 e. The van der Waals surface area contributed by atoms with E-state index in [4.69, 9.17) is 26.4 Å². The lowest BCUT2D eigenvalue weighted by atomic mass is 9.90. The Morgan fingerprint density at radius 1 is 1.27 bits per heavy atom. The summed E-state index contributed by atoms with van der Waals surface area (Å²) < 4.78 is 17.0. The largest absolute Gasteiger partial charge is 0.493 e. The van der Waals surface area contributed by atoms with E-state index < -0.39 is 10.6 Å². The lowest BCUT2D eigenvalue weighted by molar-refractivity contribution is -0.385. The summed E-state index contributed by atoms with van der Waals surface area (Å²) in [5, 5.41) is 15.0. The number of nitro groups is 1. The summed E-state index contributed by atoms with van der Waals surface area (Å²) in [7, 11) is 3.23. The molecule has 0 spiro atoms. The second kappa shape index (κ2) is 7.64. The molecule has 0 aliphatic carbocycles. The summed E-state index contributed by atoms with van der Waals surface area (Å²) in [6.45, 7) is 2.65. The zero-order valence-corrected chi connectivity index (χ0v) is 17.8. The molecule has 1 N–H and O–H groups in total. The topological polar surface area (TPSA) is 86.1 Å². The van der Waals surface area contributed by atoms with Crippen molar-refractivity contribution in [2.75, 3.05) is 20.8 Å². The van der Waals surface area contributed by atoms with E-state index >= 15 is 0 Å². The second-order valence-corrected chi connectivity index (χ2v) is 7.94. The van der Waals surface area contributed by atoms with Crippen molar-refractivity contribution in [2.24, 2.45) is 0 Å². The molecule has 0 unspecified atom stereocenters. The van der Waals surface area contributed by atoms with Gasteiger partial charge in [0.2, 0.25) is 0 Å². The van der Waals surface area contributed by atoms with Gasteiger partial charge in [-0.05, 0) is 49.3 Å². The van der Waals surface area contributed by atoms with E-state index in [9.17, 15) is 10.1 Å². The van der Waals surface area contributed by atoms with Crippen LogP contribution in [0.5, 0.6) is 17.2 Å². The summed E-state index contributed by atoms with van der Waals surface area (Å²) in [5.74, 6) is 2.02. The van der Waals surface area contributed by atoms with Crippen LogP contribution in [0.1, 0.15) is 30.5 Å². The number of non-ortho nitro benzene ring substituents is 1. The highest BCUT2D eigenvalue weighted by molar-refractivity contribution is 7.80. The SMILES string of the molecule is COc1ccc(CCN2C(=S)N[C@@H]3C[C@]2(C)Oc2ccc([N+](=O)[O-])cc23)cc1OC. The summed E-state index contributed by atoms with van der Waals surface area (Å²) in [4.78, 5) is 12.8. The molecule has 2 bridgehead atoms. The fourth-order valence-corrected chi connectivity index (χ4v) is 4.56. The number of methoxy groups -OCH3 is 2. The molecule has 2 aliphatic heterocycles. The Bertz CT molecular complexity index is 1010. The number of nitrogens with one attached hydrogen (secondary N) is 1. The molecule has 2 aromatic carbocycles. The van der Waals surface area contributed by atoms with Gasteiger partial charge in [0, 0.05) is 30.7 Å². The number of ether oxygens (including phenoxy) is 3. The Hall–Kier alpha value is -3.07. The van der Waals surface area contributed by atoms with Gasteiger partial charge in [-0.3, -0.25) is 10.1 Å². The smallest absolute Gasteiger partial charge is 0.270 e. The molecule has 158 valence electrons. The van der Waals surface area contributed by atoms with Crippen molar-refractivity contribution in [3.8, 4) is 17.2 Å².